The second kappa shape index (κ2) is 6.11. The maximum atomic E-state index is 13.9. The Hall–Kier alpha value is -3.32. The molecule has 1 heterocycles. The average molecular weight is 412 g/mol. The van der Waals surface area contributed by atoms with E-state index in [9.17, 15) is 20.0 Å². The molecule has 3 aromatic carbocycles. The van der Waals surface area contributed by atoms with Crippen LogP contribution in [0.5, 0.6) is 0 Å². The van der Waals surface area contributed by atoms with Crippen molar-refractivity contribution in [3.8, 4) is 0 Å². The van der Waals surface area contributed by atoms with E-state index in [1.807, 2.05) is 24.3 Å². The number of para-hydroxylation sites is 2. The Balaban J connectivity index is 1.61. The summed E-state index contributed by atoms with van der Waals surface area (Å²) in [5.41, 5.74) is 3.76. The van der Waals surface area contributed by atoms with E-state index in [2.05, 4.69) is 31.2 Å². The number of nitrogens with zero attached hydrogens (tertiary/aromatic N) is 1. The standard InChI is InChI=1S/C25H20N2O4/c1-25-16-10-4-2-8-14(16)20(15-9-3-5-11-17(15)25)21-22(25)24(29)26(23(21)28)18-12-6-7-13-19(18)27(30)31/h2-13,20-22,27,30H,1H3/t20?,21-,22+,25?/m1/s1. The van der Waals surface area contributed by atoms with Gasteiger partial charge in [0.2, 0.25) is 11.8 Å². The van der Waals surface area contributed by atoms with Crippen molar-refractivity contribution in [1.82, 2.24) is 0 Å². The number of benzene rings is 3. The number of rotatable bonds is 2. The first-order valence-electron chi connectivity index (χ1n) is 10.3. The summed E-state index contributed by atoms with van der Waals surface area (Å²) in [4.78, 5) is 28.8. The van der Waals surface area contributed by atoms with Gasteiger partial charge in [0.25, 0.3) is 0 Å². The third-order valence-electron chi connectivity index (χ3n) is 7.42. The Morgan fingerprint density at radius 1 is 0.871 bits per heavy atom. The normalized spacial score (nSPS) is 28.9. The number of hydrogen-bond donors (Lipinski definition) is 2. The molecule has 0 saturated carbocycles. The highest BCUT2D eigenvalue weighted by molar-refractivity contribution is 6.24. The van der Waals surface area contributed by atoms with Crippen LogP contribution in [0.25, 0.3) is 0 Å². The van der Waals surface area contributed by atoms with Crippen LogP contribution >= 0.6 is 0 Å². The van der Waals surface area contributed by atoms with Crippen LogP contribution in [-0.2, 0) is 15.0 Å². The minimum Gasteiger partial charge on any atom is -0.595 e. The van der Waals surface area contributed by atoms with Crippen molar-refractivity contribution < 1.29 is 20.0 Å². The Morgan fingerprint density at radius 2 is 1.42 bits per heavy atom. The van der Waals surface area contributed by atoms with Crippen LogP contribution in [0, 0.1) is 17.0 Å². The molecule has 1 saturated heterocycles. The van der Waals surface area contributed by atoms with Crippen molar-refractivity contribution in [1.29, 1.82) is 0 Å². The topological polar surface area (TPSA) is 85.1 Å². The van der Waals surface area contributed by atoms with Crippen LogP contribution in [0.4, 0.5) is 11.4 Å². The molecule has 2 amide bonds. The van der Waals surface area contributed by atoms with Gasteiger partial charge in [-0.3, -0.25) is 9.59 Å². The van der Waals surface area contributed by atoms with Crippen molar-refractivity contribution in [2.24, 2.45) is 11.8 Å². The molecule has 0 aromatic heterocycles. The number of hydrogen-bond acceptors (Lipinski definition) is 4. The minimum absolute atomic E-state index is 0.0459. The fraction of sp³-hybridized carbons (Fsp3) is 0.200. The fourth-order valence-electron chi connectivity index (χ4n) is 6.24. The molecular weight excluding hydrogens is 392 g/mol. The van der Waals surface area contributed by atoms with Crippen molar-refractivity contribution in [3.63, 3.8) is 0 Å². The number of carbonyl (C=O) groups excluding carboxylic acids is 2. The quantitative estimate of drug-likeness (QED) is 0.501. The van der Waals surface area contributed by atoms with Gasteiger partial charge < -0.3 is 5.21 Å². The summed E-state index contributed by atoms with van der Waals surface area (Å²) in [6, 6.07) is 22.3. The van der Waals surface area contributed by atoms with E-state index in [1.54, 1.807) is 18.2 Å². The molecule has 1 fully saturated rings. The molecule has 6 nitrogen and oxygen atoms in total. The smallest absolute Gasteiger partial charge is 0.239 e. The molecule has 154 valence electrons. The maximum Gasteiger partial charge on any atom is 0.239 e. The number of carbonyl (C=O) groups is 2. The van der Waals surface area contributed by atoms with Gasteiger partial charge in [-0.1, -0.05) is 67.6 Å². The van der Waals surface area contributed by atoms with Gasteiger partial charge in [-0.2, -0.15) is 5.23 Å². The number of amides is 2. The van der Waals surface area contributed by atoms with Gasteiger partial charge in [0.05, 0.1) is 11.8 Å². The molecule has 31 heavy (non-hydrogen) atoms. The first-order chi connectivity index (χ1) is 15.0. The molecule has 2 bridgehead atoms. The summed E-state index contributed by atoms with van der Waals surface area (Å²) < 4.78 is 0. The van der Waals surface area contributed by atoms with Crippen molar-refractivity contribution in [3.05, 3.63) is 100 Å². The molecule has 3 atom stereocenters. The molecule has 7 rings (SSSR count). The highest BCUT2D eigenvalue weighted by Gasteiger charge is 2.66. The van der Waals surface area contributed by atoms with Crippen LogP contribution in [0.1, 0.15) is 35.1 Å². The Bertz CT molecular complexity index is 1220. The Labute approximate surface area is 178 Å². The monoisotopic (exact) mass is 412 g/mol. The van der Waals surface area contributed by atoms with Gasteiger partial charge in [-0.05, 0) is 28.3 Å². The summed E-state index contributed by atoms with van der Waals surface area (Å²) in [6.45, 7) is 2.05. The number of nitrogens with one attached hydrogen (secondary N) is 1. The average Bonchev–Trinajstić information content (AvgIpc) is 3.05. The summed E-state index contributed by atoms with van der Waals surface area (Å²) in [6.07, 6.45) is 0. The fourth-order valence-corrected chi connectivity index (χ4v) is 6.24. The van der Waals surface area contributed by atoms with Crippen LogP contribution in [0.15, 0.2) is 72.8 Å². The first kappa shape index (κ1) is 18.4. The number of quaternary nitrogens is 1. The lowest BCUT2D eigenvalue weighted by Gasteiger charge is -2.52. The van der Waals surface area contributed by atoms with Gasteiger partial charge in [-0.25, -0.2) is 10.1 Å². The number of imide groups is 1. The lowest BCUT2D eigenvalue weighted by atomic mass is 9.48. The zero-order chi connectivity index (χ0) is 21.5. The zero-order valence-electron chi connectivity index (χ0n) is 16.8. The largest absolute Gasteiger partial charge is 0.595 e. The van der Waals surface area contributed by atoms with Crippen LogP contribution in [0.2, 0.25) is 0 Å². The molecular formula is C25H20N2O4. The van der Waals surface area contributed by atoms with E-state index in [4.69, 9.17) is 0 Å². The minimum atomic E-state index is -1.16. The van der Waals surface area contributed by atoms with Crippen molar-refractivity contribution >= 4 is 23.2 Å². The maximum absolute atomic E-state index is 13.9. The van der Waals surface area contributed by atoms with E-state index >= 15 is 0 Å². The molecule has 3 aromatic rings. The highest BCUT2D eigenvalue weighted by Crippen LogP contribution is 2.64. The van der Waals surface area contributed by atoms with Crippen molar-refractivity contribution in [2.75, 3.05) is 4.90 Å². The van der Waals surface area contributed by atoms with E-state index in [0.717, 1.165) is 27.2 Å². The molecule has 1 unspecified atom stereocenters. The van der Waals surface area contributed by atoms with Gasteiger partial charge in [0.1, 0.15) is 5.69 Å². The summed E-state index contributed by atoms with van der Waals surface area (Å²) in [5, 5.41) is 20.3. The van der Waals surface area contributed by atoms with E-state index in [1.165, 1.54) is 6.07 Å². The lowest BCUT2D eigenvalue weighted by Crippen LogP contribution is -2.99. The zero-order valence-corrected chi connectivity index (χ0v) is 16.8. The molecule has 3 aliphatic carbocycles. The molecule has 0 spiro atoms. The summed E-state index contributed by atoms with van der Waals surface area (Å²) in [5.74, 6) is -1.98. The van der Waals surface area contributed by atoms with Gasteiger partial charge in [0.15, 0.2) is 5.69 Å². The van der Waals surface area contributed by atoms with E-state index in [-0.39, 0.29) is 29.1 Å². The van der Waals surface area contributed by atoms with E-state index in [0.29, 0.717) is 0 Å². The predicted molar refractivity (Wildman–Crippen MR) is 113 cm³/mol. The highest BCUT2D eigenvalue weighted by atomic mass is 16.8. The first-order valence-corrected chi connectivity index (χ1v) is 10.3. The second-order valence-electron chi connectivity index (χ2n) is 8.69. The SMILES string of the molecule is CC12c3ccccc3C(c3ccccc31)[C@H]1C(=O)N(c3ccccc3[NH+]([O-])O)C(=O)[C@H]12. The summed E-state index contributed by atoms with van der Waals surface area (Å²) in [7, 11) is 0. The van der Waals surface area contributed by atoms with Crippen molar-refractivity contribution in [2.45, 2.75) is 18.3 Å². The summed E-state index contributed by atoms with van der Waals surface area (Å²) >= 11 is 0. The molecule has 1 aliphatic heterocycles. The lowest BCUT2D eigenvalue weighted by molar-refractivity contribution is -0.990. The van der Waals surface area contributed by atoms with Gasteiger partial charge >= 0.3 is 0 Å². The second-order valence-corrected chi connectivity index (χ2v) is 8.69. The molecule has 0 radical (unpaired) electrons. The molecule has 6 heteroatoms. The third kappa shape index (κ3) is 2.11. The predicted octanol–water partition coefficient (Wildman–Crippen LogP) is 2.66. The van der Waals surface area contributed by atoms with Crippen LogP contribution < -0.4 is 10.1 Å². The van der Waals surface area contributed by atoms with Gasteiger partial charge in [0, 0.05) is 17.4 Å². The third-order valence-corrected chi connectivity index (χ3v) is 7.42. The van der Waals surface area contributed by atoms with Gasteiger partial charge in [-0.15, -0.1) is 0 Å². The Kier molecular flexibility index (Phi) is 3.63. The molecule has 2 N–H and O–H groups in total. The number of anilines is 1. The Morgan fingerprint density at radius 3 is 2.03 bits per heavy atom. The van der Waals surface area contributed by atoms with Crippen LogP contribution in [0.3, 0.4) is 0 Å². The van der Waals surface area contributed by atoms with Crippen LogP contribution in [-0.4, -0.2) is 17.0 Å². The molecule has 4 aliphatic rings. The van der Waals surface area contributed by atoms with E-state index < -0.39 is 22.5 Å².